The third kappa shape index (κ3) is 5.37. The minimum Gasteiger partial charge on any atom is -0.389 e. The molecule has 1 saturated heterocycles. The van der Waals surface area contributed by atoms with E-state index in [9.17, 15) is 5.11 Å². The summed E-state index contributed by atoms with van der Waals surface area (Å²) in [5.74, 6) is 0. The van der Waals surface area contributed by atoms with Crippen LogP contribution in [0.4, 0.5) is 0 Å². The third-order valence-electron chi connectivity index (χ3n) is 4.51. The molecule has 0 spiro atoms. The summed E-state index contributed by atoms with van der Waals surface area (Å²) in [5, 5.41) is 17.7. The van der Waals surface area contributed by atoms with Crippen molar-refractivity contribution < 1.29 is 14.6 Å². The van der Waals surface area contributed by atoms with Crippen molar-refractivity contribution in [2.24, 2.45) is 0 Å². The van der Waals surface area contributed by atoms with Crippen LogP contribution < -0.4 is 5.32 Å². The van der Waals surface area contributed by atoms with Gasteiger partial charge in [0.15, 0.2) is 0 Å². The van der Waals surface area contributed by atoms with Crippen LogP contribution in [0.3, 0.4) is 0 Å². The van der Waals surface area contributed by atoms with Crippen LogP contribution in [0.15, 0.2) is 42.7 Å². The number of nitrogens with one attached hydrogen (secondary N) is 1. The predicted octanol–water partition coefficient (Wildman–Crippen LogP) is 2.08. The molecule has 1 aliphatic rings. The van der Waals surface area contributed by atoms with E-state index < -0.39 is 6.10 Å². The molecule has 1 aromatic heterocycles. The summed E-state index contributed by atoms with van der Waals surface area (Å²) >= 11 is 0. The summed E-state index contributed by atoms with van der Waals surface area (Å²) in [5.41, 5.74) is 2.21. The lowest BCUT2D eigenvalue weighted by molar-refractivity contribution is -0.0588. The molecule has 1 fully saturated rings. The van der Waals surface area contributed by atoms with E-state index in [1.807, 2.05) is 29.1 Å². The first-order valence-electron chi connectivity index (χ1n) is 8.93. The van der Waals surface area contributed by atoms with Crippen molar-refractivity contribution >= 4 is 0 Å². The van der Waals surface area contributed by atoms with E-state index in [1.165, 1.54) is 5.56 Å². The highest BCUT2D eigenvalue weighted by Crippen LogP contribution is 2.15. The van der Waals surface area contributed by atoms with E-state index >= 15 is 0 Å². The zero-order valence-corrected chi connectivity index (χ0v) is 14.7. The molecule has 6 heteroatoms. The molecule has 2 N–H and O–H groups in total. The summed E-state index contributed by atoms with van der Waals surface area (Å²) in [6, 6.07) is 10.3. The Hall–Kier alpha value is -1.73. The van der Waals surface area contributed by atoms with Crippen LogP contribution in [0.5, 0.6) is 0 Å². The van der Waals surface area contributed by atoms with Crippen molar-refractivity contribution in [1.29, 1.82) is 0 Å². The van der Waals surface area contributed by atoms with Crippen LogP contribution in [0, 0.1) is 0 Å². The Balaban J connectivity index is 1.41. The van der Waals surface area contributed by atoms with E-state index in [-0.39, 0.29) is 12.1 Å². The van der Waals surface area contributed by atoms with Crippen LogP contribution >= 0.6 is 0 Å². The highest BCUT2D eigenvalue weighted by molar-refractivity contribution is 5.34. The van der Waals surface area contributed by atoms with Gasteiger partial charge in [-0.1, -0.05) is 12.1 Å². The minimum absolute atomic E-state index is 0.157. The first-order valence-corrected chi connectivity index (χ1v) is 8.93. The van der Waals surface area contributed by atoms with Gasteiger partial charge < -0.3 is 19.9 Å². The highest BCUT2D eigenvalue weighted by atomic mass is 16.5. The fraction of sp³-hybridized carbons (Fsp3) is 0.526. The van der Waals surface area contributed by atoms with Crippen LogP contribution in [0.25, 0.3) is 5.69 Å². The maximum atomic E-state index is 10.1. The standard InChI is InChI=1S/C19H27N3O3/c1-15(16-3-5-17(6-4-16)22-10-2-9-21-22)20-13-18(23)14-25-19-7-11-24-12-8-19/h2-6,9-10,15,18-20,23H,7-8,11-14H2,1H3. The summed E-state index contributed by atoms with van der Waals surface area (Å²) in [4.78, 5) is 0. The van der Waals surface area contributed by atoms with E-state index in [4.69, 9.17) is 9.47 Å². The number of ether oxygens (including phenoxy) is 2. The molecule has 0 radical (unpaired) electrons. The van der Waals surface area contributed by atoms with Gasteiger partial charge in [-0.15, -0.1) is 0 Å². The molecule has 25 heavy (non-hydrogen) atoms. The fourth-order valence-electron chi connectivity index (χ4n) is 2.92. The van der Waals surface area contributed by atoms with Crippen LogP contribution in [0.1, 0.15) is 31.4 Å². The van der Waals surface area contributed by atoms with Gasteiger partial charge in [0.25, 0.3) is 0 Å². The molecule has 6 nitrogen and oxygen atoms in total. The van der Waals surface area contributed by atoms with E-state index in [1.54, 1.807) is 6.20 Å². The quantitative estimate of drug-likeness (QED) is 0.767. The zero-order valence-electron chi connectivity index (χ0n) is 14.7. The second kappa shape index (κ2) is 9.10. The molecule has 1 aromatic carbocycles. The lowest BCUT2D eigenvalue weighted by atomic mass is 10.1. The van der Waals surface area contributed by atoms with Crippen molar-refractivity contribution in [2.45, 2.75) is 38.0 Å². The minimum atomic E-state index is -0.506. The average Bonchev–Trinajstić information content (AvgIpc) is 3.20. The monoisotopic (exact) mass is 345 g/mol. The topological polar surface area (TPSA) is 68.5 Å². The Bertz CT molecular complexity index is 609. The van der Waals surface area contributed by atoms with Gasteiger partial charge >= 0.3 is 0 Å². The molecule has 0 saturated carbocycles. The number of aliphatic hydroxyl groups excluding tert-OH is 1. The Morgan fingerprint density at radius 2 is 2.08 bits per heavy atom. The van der Waals surface area contributed by atoms with Gasteiger partial charge in [0, 0.05) is 38.2 Å². The molecule has 2 aromatic rings. The Kier molecular flexibility index (Phi) is 6.58. The van der Waals surface area contributed by atoms with Gasteiger partial charge in [0.2, 0.25) is 0 Å². The summed E-state index contributed by atoms with van der Waals surface area (Å²) < 4.78 is 12.9. The maximum absolute atomic E-state index is 10.1. The van der Waals surface area contributed by atoms with Gasteiger partial charge in [0.05, 0.1) is 24.5 Å². The third-order valence-corrected chi connectivity index (χ3v) is 4.51. The second-order valence-corrected chi connectivity index (χ2v) is 6.47. The van der Waals surface area contributed by atoms with Crippen LogP contribution in [0.2, 0.25) is 0 Å². The molecule has 3 rings (SSSR count). The van der Waals surface area contributed by atoms with Crippen molar-refractivity contribution in [2.75, 3.05) is 26.4 Å². The highest BCUT2D eigenvalue weighted by Gasteiger charge is 2.16. The van der Waals surface area contributed by atoms with Gasteiger partial charge in [-0.05, 0) is 43.5 Å². The normalized spacial score (nSPS) is 18.2. The van der Waals surface area contributed by atoms with E-state index in [2.05, 4.69) is 29.5 Å². The SMILES string of the molecule is CC(NCC(O)COC1CCOCC1)c1ccc(-n2cccn2)cc1. The second-order valence-electron chi connectivity index (χ2n) is 6.47. The van der Waals surface area contributed by atoms with Gasteiger partial charge in [-0.25, -0.2) is 4.68 Å². The largest absolute Gasteiger partial charge is 0.389 e. The molecular weight excluding hydrogens is 318 g/mol. The van der Waals surface area contributed by atoms with Crippen molar-refractivity contribution in [3.63, 3.8) is 0 Å². The van der Waals surface area contributed by atoms with Crippen molar-refractivity contribution in [3.05, 3.63) is 48.3 Å². The Morgan fingerprint density at radius 1 is 1.32 bits per heavy atom. The van der Waals surface area contributed by atoms with Crippen molar-refractivity contribution in [3.8, 4) is 5.69 Å². The number of hydrogen-bond acceptors (Lipinski definition) is 5. The van der Waals surface area contributed by atoms with Gasteiger partial charge in [-0.3, -0.25) is 0 Å². The van der Waals surface area contributed by atoms with Crippen molar-refractivity contribution in [1.82, 2.24) is 15.1 Å². The van der Waals surface area contributed by atoms with E-state index in [0.29, 0.717) is 13.2 Å². The Morgan fingerprint density at radius 3 is 2.76 bits per heavy atom. The molecule has 0 aliphatic carbocycles. The zero-order chi connectivity index (χ0) is 17.5. The fourth-order valence-corrected chi connectivity index (χ4v) is 2.92. The lowest BCUT2D eigenvalue weighted by Crippen LogP contribution is -2.34. The lowest BCUT2D eigenvalue weighted by Gasteiger charge is -2.24. The number of aromatic nitrogens is 2. The molecular formula is C19H27N3O3. The van der Waals surface area contributed by atoms with Gasteiger partial charge in [0.1, 0.15) is 0 Å². The smallest absolute Gasteiger partial charge is 0.0898 e. The molecule has 2 heterocycles. The number of aliphatic hydroxyl groups is 1. The molecule has 136 valence electrons. The van der Waals surface area contributed by atoms with E-state index in [0.717, 1.165) is 31.7 Å². The molecule has 0 amide bonds. The number of hydrogen-bond donors (Lipinski definition) is 2. The first kappa shape index (κ1) is 18.1. The molecule has 1 aliphatic heterocycles. The first-order chi connectivity index (χ1) is 12.2. The van der Waals surface area contributed by atoms with Crippen LogP contribution in [-0.2, 0) is 9.47 Å². The Labute approximate surface area is 148 Å². The molecule has 2 unspecified atom stereocenters. The summed E-state index contributed by atoms with van der Waals surface area (Å²) in [6.45, 7) is 4.47. The number of rotatable bonds is 8. The maximum Gasteiger partial charge on any atom is 0.0898 e. The average molecular weight is 345 g/mol. The number of benzene rings is 1. The number of nitrogens with zero attached hydrogens (tertiary/aromatic N) is 2. The molecule has 0 bridgehead atoms. The van der Waals surface area contributed by atoms with Crippen LogP contribution in [-0.4, -0.2) is 53.5 Å². The summed E-state index contributed by atoms with van der Waals surface area (Å²) in [6.07, 6.45) is 5.23. The summed E-state index contributed by atoms with van der Waals surface area (Å²) in [7, 11) is 0. The van der Waals surface area contributed by atoms with Gasteiger partial charge in [-0.2, -0.15) is 5.10 Å². The predicted molar refractivity (Wildman–Crippen MR) is 95.8 cm³/mol. The molecule has 2 atom stereocenters.